The van der Waals surface area contributed by atoms with Gasteiger partial charge in [-0.3, -0.25) is 0 Å². The third-order valence-corrected chi connectivity index (χ3v) is 3.88. The van der Waals surface area contributed by atoms with Crippen LogP contribution in [0.25, 0.3) is 0 Å². The lowest BCUT2D eigenvalue weighted by Gasteiger charge is -2.04. The summed E-state index contributed by atoms with van der Waals surface area (Å²) in [6.07, 6.45) is 20.6. The number of nitrogens with two attached hydrogens (primary N) is 1. The number of ether oxygens (including phenoxy) is 1. The maximum absolute atomic E-state index is 5.27. The van der Waals surface area contributed by atoms with Crippen molar-refractivity contribution in [1.82, 2.24) is 9.55 Å². The Labute approximate surface area is 130 Å². The minimum absolute atomic E-state index is 0.363. The molecule has 1 aromatic heterocycles. The van der Waals surface area contributed by atoms with E-state index in [9.17, 15) is 0 Å². The summed E-state index contributed by atoms with van der Waals surface area (Å²) in [6, 6.07) is 0. The number of hydrogen-bond acceptors (Lipinski definition) is 3. The van der Waals surface area contributed by atoms with Crippen LogP contribution in [0, 0.1) is 0 Å². The van der Waals surface area contributed by atoms with Gasteiger partial charge in [0.1, 0.15) is 0 Å². The quantitative estimate of drug-likeness (QED) is 0.391. The summed E-state index contributed by atoms with van der Waals surface area (Å²) >= 11 is 0. The minimum Gasteiger partial charge on any atom is -0.367 e. The van der Waals surface area contributed by atoms with Crippen molar-refractivity contribution in [1.29, 1.82) is 0 Å². The molecule has 0 spiro atoms. The van der Waals surface area contributed by atoms with Gasteiger partial charge in [0.05, 0.1) is 13.1 Å². The molecule has 122 valence electrons. The maximum atomic E-state index is 5.27. The normalized spacial score (nSPS) is 11.1. The van der Waals surface area contributed by atoms with Crippen LogP contribution in [0.15, 0.2) is 18.7 Å². The van der Waals surface area contributed by atoms with E-state index >= 15 is 0 Å². The van der Waals surface area contributed by atoms with E-state index in [-0.39, 0.29) is 0 Å². The molecular formula is C17H33N3O. The van der Waals surface area contributed by atoms with E-state index in [4.69, 9.17) is 10.5 Å². The summed E-state index contributed by atoms with van der Waals surface area (Å²) in [7, 11) is 0. The van der Waals surface area contributed by atoms with Crippen molar-refractivity contribution >= 4 is 0 Å². The first kappa shape index (κ1) is 18.2. The third kappa shape index (κ3) is 11.5. The zero-order valence-corrected chi connectivity index (χ0v) is 13.5. The molecule has 0 aliphatic rings. The summed E-state index contributed by atoms with van der Waals surface area (Å²) in [5.74, 6) is 0. The van der Waals surface area contributed by atoms with Crippen molar-refractivity contribution in [3.8, 4) is 0 Å². The molecule has 0 atom stereocenters. The molecule has 4 nitrogen and oxygen atoms in total. The molecule has 0 unspecified atom stereocenters. The molecule has 0 fully saturated rings. The second-order valence-corrected chi connectivity index (χ2v) is 5.76. The molecule has 0 saturated heterocycles. The molecule has 0 aliphatic carbocycles. The zero-order chi connectivity index (χ0) is 15.0. The predicted octanol–water partition coefficient (Wildman–Crippen LogP) is 4.11. The van der Waals surface area contributed by atoms with Crippen LogP contribution in [-0.4, -0.2) is 22.9 Å². The third-order valence-electron chi connectivity index (χ3n) is 3.88. The van der Waals surface area contributed by atoms with Gasteiger partial charge in [-0.2, -0.15) is 0 Å². The van der Waals surface area contributed by atoms with E-state index < -0.39 is 0 Å². The molecule has 0 radical (unpaired) electrons. The standard InChI is InChI=1S/C17H33N3O/c18-16-21-15-11-9-7-5-3-1-2-4-6-8-10-13-20-14-12-19-17-20/h12,14,17H,1-11,13,15-16,18H2. The van der Waals surface area contributed by atoms with Gasteiger partial charge in [-0.15, -0.1) is 0 Å². The number of hydrogen-bond donors (Lipinski definition) is 1. The van der Waals surface area contributed by atoms with Gasteiger partial charge in [0.2, 0.25) is 0 Å². The first-order chi connectivity index (χ1) is 10.4. The number of nitrogens with zero attached hydrogens (tertiary/aromatic N) is 2. The highest BCUT2D eigenvalue weighted by molar-refractivity contribution is 4.73. The number of aryl methyl sites for hydroxylation is 1. The molecule has 0 amide bonds. The van der Waals surface area contributed by atoms with Crippen LogP contribution >= 0.6 is 0 Å². The van der Waals surface area contributed by atoms with Crippen molar-refractivity contribution in [3.63, 3.8) is 0 Å². The fourth-order valence-corrected chi connectivity index (χ4v) is 2.59. The molecule has 0 aliphatic heterocycles. The monoisotopic (exact) mass is 295 g/mol. The van der Waals surface area contributed by atoms with Gasteiger partial charge in [0.25, 0.3) is 0 Å². The Hall–Kier alpha value is -0.870. The summed E-state index contributed by atoms with van der Waals surface area (Å²) in [4.78, 5) is 4.06. The average Bonchev–Trinajstić information content (AvgIpc) is 3.01. The average molecular weight is 295 g/mol. The Morgan fingerprint density at radius 1 is 0.810 bits per heavy atom. The fraction of sp³-hybridized carbons (Fsp3) is 0.824. The van der Waals surface area contributed by atoms with Crippen molar-refractivity contribution in [2.45, 2.75) is 77.2 Å². The molecule has 1 heterocycles. The largest absolute Gasteiger partial charge is 0.367 e. The van der Waals surface area contributed by atoms with Crippen LogP contribution < -0.4 is 5.73 Å². The predicted molar refractivity (Wildman–Crippen MR) is 88.0 cm³/mol. The van der Waals surface area contributed by atoms with Gasteiger partial charge < -0.3 is 15.0 Å². The van der Waals surface area contributed by atoms with Crippen molar-refractivity contribution < 1.29 is 4.74 Å². The van der Waals surface area contributed by atoms with Crippen molar-refractivity contribution in [3.05, 3.63) is 18.7 Å². The van der Waals surface area contributed by atoms with E-state index in [2.05, 4.69) is 9.55 Å². The second-order valence-electron chi connectivity index (χ2n) is 5.76. The Bertz CT molecular complexity index is 301. The fourth-order valence-electron chi connectivity index (χ4n) is 2.59. The van der Waals surface area contributed by atoms with Gasteiger partial charge in [0, 0.05) is 25.5 Å². The van der Waals surface area contributed by atoms with Gasteiger partial charge >= 0.3 is 0 Å². The summed E-state index contributed by atoms with van der Waals surface area (Å²) in [5, 5.41) is 0. The van der Waals surface area contributed by atoms with Crippen LogP contribution in [0.4, 0.5) is 0 Å². The highest BCUT2D eigenvalue weighted by Crippen LogP contribution is 2.11. The molecule has 21 heavy (non-hydrogen) atoms. The second kappa shape index (κ2) is 14.1. The van der Waals surface area contributed by atoms with Gasteiger partial charge in [-0.1, -0.05) is 57.8 Å². The topological polar surface area (TPSA) is 53.1 Å². The molecule has 0 bridgehead atoms. The number of unbranched alkanes of at least 4 members (excludes halogenated alkanes) is 10. The lowest BCUT2D eigenvalue weighted by molar-refractivity contribution is 0.136. The SMILES string of the molecule is NCOCCCCCCCCCCCCCn1ccnc1. The summed E-state index contributed by atoms with van der Waals surface area (Å²) in [5.41, 5.74) is 5.27. The Kier molecular flexibility index (Phi) is 12.2. The molecule has 4 heteroatoms. The van der Waals surface area contributed by atoms with Gasteiger partial charge in [-0.25, -0.2) is 4.98 Å². The van der Waals surface area contributed by atoms with E-state index in [1.54, 1.807) is 0 Å². The molecular weight excluding hydrogens is 262 g/mol. The molecule has 0 saturated carbocycles. The Morgan fingerprint density at radius 2 is 1.38 bits per heavy atom. The van der Waals surface area contributed by atoms with E-state index in [0.717, 1.165) is 19.6 Å². The summed E-state index contributed by atoms with van der Waals surface area (Å²) in [6.45, 7) is 2.31. The highest BCUT2D eigenvalue weighted by atomic mass is 16.5. The Balaban J connectivity index is 1.69. The first-order valence-corrected chi connectivity index (χ1v) is 8.67. The lowest BCUT2D eigenvalue weighted by Crippen LogP contribution is -2.05. The highest BCUT2D eigenvalue weighted by Gasteiger charge is 1.94. The number of aromatic nitrogens is 2. The molecule has 1 aromatic rings. The number of imidazole rings is 1. The van der Waals surface area contributed by atoms with Crippen LogP contribution in [0.2, 0.25) is 0 Å². The minimum atomic E-state index is 0.363. The van der Waals surface area contributed by atoms with E-state index in [1.807, 2.05) is 18.7 Å². The van der Waals surface area contributed by atoms with Crippen LogP contribution in [0.5, 0.6) is 0 Å². The van der Waals surface area contributed by atoms with Crippen LogP contribution in [0.3, 0.4) is 0 Å². The van der Waals surface area contributed by atoms with Crippen molar-refractivity contribution in [2.24, 2.45) is 5.73 Å². The van der Waals surface area contributed by atoms with Crippen LogP contribution in [0.1, 0.15) is 70.6 Å². The first-order valence-electron chi connectivity index (χ1n) is 8.67. The van der Waals surface area contributed by atoms with Gasteiger partial charge in [-0.05, 0) is 12.8 Å². The van der Waals surface area contributed by atoms with E-state index in [0.29, 0.717) is 6.73 Å². The van der Waals surface area contributed by atoms with E-state index in [1.165, 1.54) is 64.2 Å². The maximum Gasteiger partial charge on any atom is 0.0945 e. The smallest absolute Gasteiger partial charge is 0.0945 e. The Morgan fingerprint density at radius 3 is 1.90 bits per heavy atom. The zero-order valence-electron chi connectivity index (χ0n) is 13.5. The lowest BCUT2D eigenvalue weighted by atomic mass is 10.1. The van der Waals surface area contributed by atoms with Crippen LogP contribution in [-0.2, 0) is 11.3 Å². The molecule has 2 N–H and O–H groups in total. The van der Waals surface area contributed by atoms with Gasteiger partial charge in [0.15, 0.2) is 0 Å². The van der Waals surface area contributed by atoms with Crippen molar-refractivity contribution in [2.75, 3.05) is 13.3 Å². The molecule has 1 rings (SSSR count). The molecule has 0 aromatic carbocycles. The summed E-state index contributed by atoms with van der Waals surface area (Å²) < 4.78 is 7.29. The number of rotatable bonds is 15.